The molecule has 1 saturated heterocycles. The van der Waals surface area contributed by atoms with Crippen LogP contribution in [0.1, 0.15) is 52.9 Å². The number of carbonyl (C=O) groups is 1. The molecular formula is C16H30N2O2. The van der Waals surface area contributed by atoms with Crippen molar-refractivity contribution in [3.8, 4) is 0 Å². The van der Waals surface area contributed by atoms with Crippen molar-refractivity contribution in [1.29, 1.82) is 0 Å². The van der Waals surface area contributed by atoms with Crippen molar-refractivity contribution in [3.63, 3.8) is 0 Å². The number of hydrogen-bond acceptors (Lipinski definition) is 3. The van der Waals surface area contributed by atoms with Crippen LogP contribution in [0.15, 0.2) is 0 Å². The van der Waals surface area contributed by atoms with Crippen molar-refractivity contribution < 1.29 is 9.53 Å². The fourth-order valence-electron chi connectivity index (χ4n) is 3.30. The van der Waals surface area contributed by atoms with E-state index in [0.29, 0.717) is 18.4 Å². The Morgan fingerprint density at radius 3 is 2.65 bits per heavy atom. The van der Waals surface area contributed by atoms with Crippen LogP contribution in [0, 0.1) is 11.8 Å². The van der Waals surface area contributed by atoms with E-state index in [9.17, 15) is 4.79 Å². The quantitative estimate of drug-likeness (QED) is 0.729. The molecule has 1 N–H and O–H groups in total. The summed E-state index contributed by atoms with van der Waals surface area (Å²) in [6.45, 7) is 8.58. The fourth-order valence-corrected chi connectivity index (χ4v) is 3.30. The SMILES string of the molecule is CC(C)CCOCCN1C(=O)C(C)NC1C1CCCC1. The Bertz CT molecular complexity index is 314. The summed E-state index contributed by atoms with van der Waals surface area (Å²) in [5.41, 5.74) is 0. The Kier molecular flexibility index (Phi) is 5.85. The second-order valence-corrected chi connectivity index (χ2v) is 6.70. The molecule has 2 atom stereocenters. The maximum Gasteiger partial charge on any atom is 0.240 e. The molecule has 4 heteroatoms. The molecule has 1 heterocycles. The Morgan fingerprint density at radius 2 is 2.00 bits per heavy atom. The first kappa shape index (κ1) is 15.8. The van der Waals surface area contributed by atoms with Gasteiger partial charge in [-0.2, -0.15) is 0 Å². The second kappa shape index (κ2) is 7.41. The molecule has 2 fully saturated rings. The Balaban J connectivity index is 1.78. The van der Waals surface area contributed by atoms with Gasteiger partial charge < -0.3 is 9.64 Å². The highest BCUT2D eigenvalue weighted by Crippen LogP contribution is 2.31. The van der Waals surface area contributed by atoms with E-state index in [1.54, 1.807) is 0 Å². The lowest BCUT2D eigenvalue weighted by Gasteiger charge is -2.29. The maximum atomic E-state index is 12.3. The van der Waals surface area contributed by atoms with E-state index in [-0.39, 0.29) is 18.1 Å². The van der Waals surface area contributed by atoms with Crippen molar-refractivity contribution in [3.05, 3.63) is 0 Å². The predicted molar refractivity (Wildman–Crippen MR) is 80.3 cm³/mol. The molecule has 2 aliphatic rings. The molecule has 0 aromatic carbocycles. The van der Waals surface area contributed by atoms with Crippen molar-refractivity contribution in [1.82, 2.24) is 10.2 Å². The monoisotopic (exact) mass is 282 g/mol. The molecule has 4 nitrogen and oxygen atoms in total. The Hall–Kier alpha value is -0.610. The minimum atomic E-state index is -0.0312. The van der Waals surface area contributed by atoms with Gasteiger partial charge in [-0.1, -0.05) is 26.7 Å². The van der Waals surface area contributed by atoms with Crippen LogP contribution >= 0.6 is 0 Å². The summed E-state index contributed by atoms with van der Waals surface area (Å²) in [5, 5.41) is 3.48. The minimum absolute atomic E-state index is 0.0312. The van der Waals surface area contributed by atoms with Gasteiger partial charge in [0.2, 0.25) is 5.91 Å². The highest BCUT2D eigenvalue weighted by atomic mass is 16.5. The third-order valence-corrected chi connectivity index (χ3v) is 4.57. The molecule has 1 amide bonds. The zero-order valence-corrected chi connectivity index (χ0v) is 13.2. The molecule has 0 aromatic rings. The van der Waals surface area contributed by atoms with Gasteiger partial charge in [0, 0.05) is 13.2 Å². The molecule has 116 valence electrons. The van der Waals surface area contributed by atoms with E-state index in [1.165, 1.54) is 25.7 Å². The first-order valence-corrected chi connectivity index (χ1v) is 8.24. The number of nitrogens with zero attached hydrogens (tertiary/aromatic N) is 1. The second-order valence-electron chi connectivity index (χ2n) is 6.70. The van der Waals surface area contributed by atoms with Crippen LogP contribution in [0.2, 0.25) is 0 Å². The highest BCUT2D eigenvalue weighted by Gasteiger charge is 2.40. The summed E-state index contributed by atoms with van der Waals surface area (Å²) < 4.78 is 5.68. The van der Waals surface area contributed by atoms with Gasteiger partial charge in [-0.25, -0.2) is 0 Å². The van der Waals surface area contributed by atoms with Crippen LogP contribution in [0.3, 0.4) is 0 Å². The van der Waals surface area contributed by atoms with Crippen LogP contribution < -0.4 is 5.32 Å². The van der Waals surface area contributed by atoms with E-state index in [1.807, 2.05) is 11.8 Å². The molecule has 20 heavy (non-hydrogen) atoms. The average Bonchev–Trinajstić information content (AvgIpc) is 3.01. The van der Waals surface area contributed by atoms with Crippen molar-refractivity contribution >= 4 is 5.91 Å². The average molecular weight is 282 g/mol. The molecule has 1 aliphatic heterocycles. The number of carbonyl (C=O) groups excluding carboxylic acids is 1. The van der Waals surface area contributed by atoms with Crippen LogP contribution in [0.25, 0.3) is 0 Å². The van der Waals surface area contributed by atoms with E-state index in [2.05, 4.69) is 19.2 Å². The Morgan fingerprint density at radius 1 is 1.30 bits per heavy atom. The molecule has 0 bridgehead atoms. The van der Waals surface area contributed by atoms with Crippen LogP contribution in [-0.2, 0) is 9.53 Å². The zero-order chi connectivity index (χ0) is 14.5. The number of hydrogen-bond donors (Lipinski definition) is 1. The molecule has 0 radical (unpaired) electrons. The summed E-state index contributed by atoms with van der Waals surface area (Å²) in [6, 6.07) is -0.0312. The van der Waals surface area contributed by atoms with Gasteiger partial charge in [0.25, 0.3) is 0 Å². The smallest absolute Gasteiger partial charge is 0.240 e. The van der Waals surface area contributed by atoms with Crippen LogP contribution in [-0.4, -0.2) is 42.8 Å². The standard InChI is InChI=1S/C16H30N2O2/c1-12(2)8-10-20-11-9-18-15(14-6-4-5-7-14)17-13(3)16(18)19/h12-15,17H,4-11H2,1-3H3. The van der Waals surface area contributed by atoms with Gasteiger partial charge in [-0.05, 0) is 38.0 Å². The molecule has 0 aromatic heterocycles. The topological polar surface area (TPSA) is 41.6 Å². The number of amides is 1. The van der Waals surface area contributed by atoms with E-state index in [0.717, 1.165) is 19.6 Å². The van der Waals surface area contributed by atoms with Crippen LogP contribution in [0.5, 0.6) is 0 Å². The van der Waals surface area contributed by atoms with Crippen molar-refractivity contribution in [2.24, 2.45) is 11.8 Å². The molecule has 1 saturated carbocycles. The molecule has 2 unspecified atom stereocenters. The van der Waals surface area contributed by atoms with Gasteiger partial charge in [0.05, 0.1) is 18.8 Å². The first-order chi connectivity index (χ1) is 9.59. The lowest BCUT2D eigenvalue weighted by molar-refractivity contribution is -0.131. The summed E-state index contributed by atoms with van der Waals surface area (Å²) in [6.07, 6.45) is 6.46. The predicted octanol–water partition coefficient (Wildman–Crippen LogP) is 2.39. The number of nitrogens with one attached hydrogen (secondary N) is 1. The summed E-state index contributed by atoms with van der Waals surface area (Å²) in [7, 11) is 0. The lowest BCUT2D eigenvalue weighted by atomic mass is 10.0. The third-order valence-electron chi connectivity index (χ3n) is 4.57. The number of rotatable bonds is 7. The molecule has 2 rings (SSSR count). The van der Waals surface area contributed by atoms with Gasteiger partial charge in [-0.3, -0.25) is 10.1 Å². The summed E-state index contributed by atoms with van der Waals surface area (Å²) >= 11 is 0. The fraction of sp³-hybridized carbons (Fsp3) is 0.938. The lowest BCUT2D eigenvalue weighted by Crippen LogP contribution is -2.44. The van der Waals surface area contributed by atoms with Gasteiger partial charge in [0.1, 0.15) is 0 Å². The Labute approximate surface area is 123 Å². The van der Waals surface area contributed by atoms with Gasteiger partial charge >= 0.3 is 0 Å². The van der Waals surface area contributed by atoms with Crippen molar-refractivity contribution in [2.75, 3.05) is 19.8 Å². The summed E-state index contributed by atoms with van der Waals surface area (Å²) in [5.74, 6) is 1.56. The highest BCUT2D eigenvalue weighted by molar-refractivity contribution is 5.83. The van der Waals surface area contributed by atoms with Gasteiger partial charge in [0.15, 0.2) is 0 Å². The van der Waals surface area contributed by atoms with Crippen LogP contribution in [0.4, 0.5) is 0 Å². The largest absolute Gasteiger partial charge is 0.380 e. The van der Waals surface area contributed by atoms with Gasteiger partial charge in [-0.15, -0.1) is 0 Å². The van der Waals surface area contributed by atoms with E-state index < -0.39 is 0 Å². The molecule has 1 aliphatic carbocycles. The van der Waals surface area contributed by atoms with E-state index >= 15 is 0 Å². The molecular weight excluding hydrogens is 252 g/mol. The minimum Gasteiger partial charge on any atom is -0.380 e. The molecule has 0 spiro atoms. The number of ether oxygens (including phenoxy) is 1. The normalized spacial score (nSPS) is 28.0. The summed E-state index contributed by atoms with van der Waals surface area (Å²) in [4.78, 5) is 14.3. The third kappa shape index (κ3) is 3.95. The first-order valence-electron chi connectivity index (χ1n) is 8.24. The zero-order valence-electron chi connectivity index (χ0n) is 13.2. The maximum absolute atomic E-state index is 12.3. The van der Waals surface area contributed by atoms with Crippen molar-refractivity contribution in [2.45, 2.75) is 65.1 Å². The van der Waals surface area contributed by atoms with E-state index in [4.69, 9.17) is 4.74 Å².